The Morgan fingerprint density at radius 1 is 1.36 bits per heavy atom. The molecule has 0 aromatic carbocycles. The first kappa shape index (κ1) is 21.2. The van der Waals surface area contributed by atoms with Gasteiger partial charge >= 0.3 is 12.2 Å². The Kier molecular flexibility index (Phi) is 6.42. The van der Waals surface area contributed by atoms with E-state index >= 15 is 0 Å². The molecule has 2 aliphatic carbocycles. The Bertz CT molecular complexity index is 576. The minimum absolute atomic E-state index is 0.109. The number of ether oxygens (including phenoxy) is 3. The van der Waals surface area contributed by atoms with E-state index in [0.29, 0.717) is 25.0 Å². The highest BCUT2D eigenvalue weighted by atomic mass is 16.6. The van der Waals surface area contributed by atoms with E-state index in [0.717, 1.165) is 45.1 Å². The lowest BCUT2D eigenvalue weighted by Crippen LogP contribution is -2.44. The van der Waals surface area contributed by atoms with Gasteiger partial charge in [0.15, 0.2) is 0 Å². The fraction of sp³-hybridized carbons (Fsp3) is 0.905. The lowest BCUT2D eigenvalue weighted by atomic mass is 9.75. The minimum atomic E-state index is -0.497. The van der Waals surface area contributed by atoms with E-state index in [4.69, 9.17) is 14.2 Å². The zero-order chi connectivity index (χ0) is 20.4. The summed E-state index contributed by atoms with van der Waals surface area (Å²) in [5.74, 6) is 1.10. The molecule has 28 heavy (non-hydrogen) atoms. The molecule has 2 N–H and O–H groups in total. The first-order chi connectivity index (χ1) is 13.2. The summed E-state index contributed by atoms with van der Waals surface area (Å²) >= 11 is 0. The molecule has 2 saturated carbocycles. The third-order valence-corrected chi connectivity index (χ3v) is 6.33. The van der Waals surface area contributed by atoms with Crippen LogP contribution >= 0.6 is 0 Å². The van der Waals surface area contributed by atoms with Crippen molar-refractivity contribution in [2.24, 2.45) is 17.8 Å². The van der Waals surface area contributed by atoms with Crippen LogP contribution in [0.25, 0.3) is 0 Å². The van der Waals surface area contributed by atoms with Crippen LogP contribution in [0.1, 0.15) is 66.2 Å². The molecule has 0 aromatic rings. The number of amides is 2. The number of hydrogen-bond acceptors (Lipinski definition) is 5. The average molecular weight is 397 g/mol. The van der Waals surface area contributed by atoms with Gasteiger partial charge in [0.05, 0.1) is 13.2 Å². The molecule has 0 bridgehead atoms. The molecule has 1 saturated heterocycles. The van der Waals surface area contributed by atoms with Gasteiger partial charge in [-0.15, -0.1) is 0 Å². The van der Waals surface area contributed by atoms with Crippen LogP contribution in [0.2, 0.25) is 0 Å². The molecule has 7 nitrogen and oxygen atoms in total. The van der Waals surface area contributed by atoms with Crippen LogP contribution in [-0.4, -0.2) is 49.2 Å². The van der Waals surface area contributed by atoms with Gasteiger partial charge in [0.1, 0.15) is 11.2 Å². The summed E-state index contributed by atoms with van der Waals surface area (Å²) in [5, 5.41) is 5.89. The summed E-state index contributed by atoms with van der Waals surface area (Å²) in [6.45, 7) is 9.71. The van der Waals surface area contributed by atoms with E-state index in [1.807, 2.05) is 20.8 Å². The zero-order valence-corrected chi connectivity index (χ0v) is 17.7. The van der Waals surface area contributed by atoms with Crippen molar-refractivity contribution in [3.8, 4) is 0 Å². The number of unbranched alkanes of at least 4 members (excludes halogenated alkanes) is 1. The molecule has 1 aliphatic heterocycles. The minimum Gasteiger partial charge on any atom is -0.444 e. The summed E-state index contributed by atoms with van der Waals surface area (Å²) in [4.78, 5) is 24.0. The average Bonchev–Trinajstić information content (AvgIpc) is 3.09. The van der Waals surface area contributed by atoms with E-state index in [-0.39, 0.29) is 24.1 Å². The first-order valence-electron chi connectivity index (χ1n) is 10.8. The molecule has 3 rings (SSSR count). The fourth-order valence-corrected chi connectivity index (χ4v) is 5.17. The maximum absolute atomic E-state index is 12.1. The number of carbonyl (C=O) groups is 2. The van der Waals surface area contributed by atoms with E-state index in [9.17, 15) is 9.59 Å². The van der Waals surface area contributed by atoms with Crippen LogP contribution in [0.3, 0.4) is 0 Å². The van der Waals surface area contributed by atoms with Crippen molar-refractivity contribution in [2.75, 3.05) is 19.8 Å². The number of rotatable bonds is 6. The van der Waals surface area contributed by atoms with Crippen molar-refractivity contribution >= 4 is 12.2 Å². The van der Waals surface area contributed by atoms with Crippen molar-refractivity contribution in [1.82, 2.24) is 10.6 Å². The second-order valence-electron chi connectivity index (χ2n) is 9.63. The summed E-state index contributed by atoms with van der Waals surface area (Å²) in [5.41, 5.74) is -0.956. The monoisotopic (exact) mass is 396 g/mol. The van der Waals surface area contributed by atoms with Gasteiger partial charge in [-0.1, -0.05) is 13.3 Å². The van der Waals surface area contributed by atoms with Gasteiger partial charge in [-0.3, -0.25) is 0 Å². The predicted molar refractivity (Wildman–Crippen MR) is 105 cm³/mol. The summed E-state index contributed by atoms with van der Waals surface area (Å²) in [6, 6.07) is 0.109. The second kappa shape index (κ2) is 8.47. The van der Waals surface area contributed by atoms with Gasteiger partial charge < -0.3 is 24.8 Å². The summed E-state index contributed by atoms with van der Waals surface area (Å²) < 4.78 is 17.2. The number of nitrogens with one attached hydrogen (secondary N) is 2. The highest BCUT2D eigenvalue weighted by molar-refractivity contribution is 5.70. The largest absolute Gasteiger partial charge is 0.444 e. The molecule has 3 aliphatic rings. The quantitative estimate of drug-likeness (QED) is 0.670. The molecule has 0 radical (unpaired) electrons. The van der Waals surface area contributed by atoms with E-state index in [1.165, 1.54) is 0 Å². The van der Waals surface area contributed by atoms with Crippen LogP contribution in [0, 0.1) is 17.8 Å². The van der Waals surface area contributed by atoms with Crippen molar-refractivity contribution in [3.63, 3.8) is 0 Å². The topological polar surface area (TPSA) is 85.9 Å². The normalized spacial score (nSPS) is 34.6. The number of fused-ring (bicyclic) bond motifs is 1. The predicted octanol–water partition coefficient (Wildman–Crippen LogP) is 3.61. The van der Waals surface area contributed by atoms with Gasteiger partial charge in [-0.05, 0) is 64.7 Å². The van der Waals surface area contributed by atoms with Crippen molar-refractivity contribution in [1.29, 1.82) is 0 Å². The number of alkyl carbamates (subject to hydrolysis) is 2. The number of hydrogen-bond donors (Lipinski definition) is 2. The van der Waals surface area contributed by atoms with Crippen LogP contribution in [0.15, 0.2) is 0 Å². The fourth-order valence-electron chi connectivity index (χ4n) is 5.17. The van der Waals surface area contributed by atoms with E-state index < -0.39 is 11.2 Å². The Morgan fingerprint density at radius 3 is 2.79 bits per heavy atom. The van der Waals surface area contributed by atoms with Crippen LogP contribution in [0.4, 0.5) is 9.59 Å². The number of carbonyl (C=O) groups excluding carboxylic acids is 2. The summed E-state index contributed by atoms with van der Waals surface area (Å²) in [7, 11) is 0. The lowest BCUT2D eigenvalue weighted by Gasteiger charge is -2.35. The van der Waals surface area contributed by atoms with Gasteiger partial charge in [0.25, 0.3) is 0 Å². The Labute approximate surface area is 168 Å². The molecule has 2 amide bonds. The smallest absolute Gasteiger partial charge is 0.407 e. The van der Waals surface area contributed by atoms with Crippen molar-refractivity contribution in [2.45, 2.75) is 83.5 Å². The third-order valence-electron chi connectivity index (χ3n) is 6.33. The molecule has 2 unspecified atom stereocenters. The van der Waals surface area contributed by atoms with Gasteiger partial charge in [0.2, 0.25) is 0 Å². The molecule has 1 spiro atoms. The standard InChI is InChI=1S/C21H36N2O5/c1-5-6-9-26-12-17-16-8-7-15(23-19(25)27-20(2,3)4)10-14(16)11-21(17)13-22-18(24)28-21/h14-17H,5-13H2,1-4H3,(H,22,24)(H,23,25)/t14-,15?,16+,17-,21?/m0/s1. The van der Waals surface area contributed by atoms with Gasteiger partial charge in [-0.2, -0.15) is 0 Å². The molecule has 1 heterocycles. The second-order valence-corrected chi connectivity index (χ2v) is 9.63. The zero-order valence-electron chi connectivity index (χ0n) is 17.7. The Morgan fingerprint density at radius 2 is 2.14 bits per heavy atom. The van der Waals surface area contributed by atoms with E-state index in [2.05, 4.69) is 17.6 Å². The highest BCUT2D eigenvalue weighted by Gasteiger charge is 2.59. The van der Waals surface area contributed by atoms with Crippen LogP contribution < -0.4 is 10.6 Å². The van der Waals surface area contributed by atoms with Crippen LogP contribution in [0.5, 0.6) is 0 Å². The van der Waals surface area contributed by atoms with Crippen molar-refractivity contribution < 1.29 is 23.8 Å². The maximum Gasteiger partial charge on any atom is 0.407 e. The summed E-state index contributed by atoms with van der Waals surface area (Å²) in [6.07, 6.45) is 5.15. The third kappa shape index (κ3) is 4.91. The molecule has 160 valence electrons. The maximum atomic E-state index is 12.1. The molecule has 3 fully saturated rings. The highest BCUT2D eigenvalue weighted by Crippen LogP contribution is 2.53. The molecular weight excluding hydrogens is 360 g/mol. The lowest BCUT2D eigenvalue weighted by molar-refractivity contribution is -0.0299. The van der Waals surface area contributed by atoms with Gasteiger partial charge in [-0.25, -0.2) is 9.59 Å². The Balaban J connectivity index is 1.61. The molecule has 5 atom stereocenters. The molecule has 7 heteroatoms. The van der Waals surface area contributed by atoms with Crippen molar-refractivity contribution in [3.05, 3.63) is 0 Å². The first-order valence-corrected chi connectivity index (χ1v) is 10.8. The van der Waals surface area contributed by atoms with E-state index in [1.54, 1.807) is 0 Å². The Hall–Kier alpha value is -1.50. The SMILES string of the molecule is CCCCOC[C@H]1[C@@H]2CCC(NC(=O)OC(C)(C)C)C[C@H]2CC12CNC(=O)O2. The van der Waals surface area contributed by atoms with Crippen LogP contribution in [-0.2, 0) is 14.2 Å². The molecule has 0 aromatic heterocycles. The molecular formula is C21H36N2O5. The van der Waals surface area contributed by atoms with Gasteiger partial charge in [0, 0.05) is 18.6 Å².